The molecule has 5 heteroatoms. The maximum Gasteiger partial charge on any atom is 0.270 e. The van der Waals surface area contributed by atoms with E-state index in [1.165, 1.54) is 24.4 Å². The third-order valence-electron chi connectivity index (χ3n) is 2.70. The van der Waals surface area contributed by atoms with Crippen LogP contribution in [0.25, 0.3) is 6.08 Å². The lowest BCUT2D eigenvalue weighted by molar-refractivity contribution is -0.384. The first-order valence-corrected chi connectivity index (χ1v) is 5.96. The summed E-state index contributed by atoms with van der Waals surface area (Å²) in [6.07, 6.45) is 4.44. The monoisotopic (exact) mass is 268 g/mol. The molecule has 2 rings (SSSR count). The van der Waals surface area contributed by atoms with Crippen molar-refractivity contribution in [2.45, 2.75) is 6.92 Å². The van der Waals surface area contributed by atoms with Gasteiger partial charge in [0.25, 0.3) is 5.69 Å². The van der Waals surface area contributed by atoms with Crippen molar-refractivity contribution >= 4 is 17.5 Å². The Kier molecular flexibility index (Phi) is 4.00. The molecular weight excluding hydrogens is 256 g/mol. The van der Waals surface area contributed by atoms with E-state index in [0.29, 0.717) is 11.1 Å². The van der Waals surface area contributed by atoms with Crippen molar-refractivity contribution < 1.29 is 9.72 Å². The molecule has 100 valence electrons. The predicted molar refractivity (Wildman–Crippen MR) is 75.4 cm³/mol. The van der Waals surface area contributed by atoms with E-state index in [0.717, 1.165) is 5.69 Å². The molecule has 20 heavy (non-hydrogen) atoms. The molecule has 0 atom stereocenters. The Bertz CT molecular complexity index is 676. The fourth-order valence-electron chi connectivity index (χ4n) is 1.62. The molecule has 0 fully saturated rings. The fraction of sp³-hybridized carbons (Fsp3) is 0.0667. The number of nitrogens with zero attached hydrogens (tertiary/aromatic N) is 2. The van der Waals surface area contributed by atoms with Gasteiger partial charge >= 0.3 is 0 Å². The van der Waals surface area contributed by atoms with Crippen LogP contribution in [0.15, 0.2) is 48.7 Å². The van der Waals surface area contributed by atoms with Gasteiger partial charge < -0.3 is 0 Å². The Morgan fingerprint density at radius 3 is 2.75 bits per heavy atom. The normalized spacial score (nSPS) is 10.7. The summed E-state index contributed by atoms with van der Waals surface area (Å²) in [4.78, 5) is 26.1. The number of allylic oxidation sites excluding steroid dienone is 1. The lowest BCUT2D eigenvalue weighted by atomic mass is 10.1. The van der Waals surface area contributed by atoms with Crippen LogP contribution >= 0.6 is 0 Å². The number of nitro groups is 1. The summed E-state index contributed by atoms with van der Waals surface area (Å²) < 4.78 is 0. The number of aromatic nitrogens is 1. The van der Waals surface area contributed by atoms with Crippen LogP contribution in [-0.4, -0.2) is 15.7 Å². The summed E-state index contributed by atoms with van der Waals surface area (Å²) in [6.45, 7) is 1.84. The number of benzene rings is 1. The van der Waals surface area contributed by atoms with Crippen molar-refractivity contribution in [3.05, 3.63) is 75.6 Å². The summed E-state index contributed by atoms with van der Waals surface area (Å²) in [5.74, 6) is -0.191. The molecule has 0 saturated carbocycles. The largest absolute Gasteiger partial charge is 0.289 e. The zero-order valence-corrected chi connectivity index (χ0v) is 10.8. The molecule has 0 aliphatic rings. The average molecular weight is 268 g/mol. The van der Waals surface area contributed by atoms with Gasteiger partial charge in [0.1, 0.15) is 0 Å². The lowest BCUT2D eigenvalue weighted by Gasteiger charge is -1.97. The zero-order chi connectivity index (χ0) is 14.5. The number of hydrogen-bond acceptors (Lipinski definition) is 4. The minimum Gasteiger partial charge on any atom is -0.289 e. The molecule has 0 saturated heterocycles. The molecule has 0 bridgehead atoms. The van der Waals surface area contributed by atoms with Crippen LogP contribution in [0.3, 0.4) is 0 Å². The second-order valence-corrected chi connectivity index (χ2v) is 4.24. The number of carbonyl (C=O) groups is 1. The van der Waals surface area contributed by atoms with E-state index in [-0.39, 0.29) is 11.5 Å². The van der Waals surface area contributed by atoms with Gasteiger partial charge in [-0.1, -0.05) is 18.2 Å². The number of nitro benzene ring substituents is 1. The standard InChI is InChI=1S/C15H12N2O3/c1-11-5-7-13(10-16-11)15(18)8-6-12-3-2-4-14(9-12)17(19)20/h2-10H,1H3/b8-6+. The van der Waals surface area contributed by atoms with Crippen LogP contribution in [0.5, 0.6) is 0 Å². The molecule has 1 heterocycles. The van der Waals surface area contributed by atoms with Crippen LogP contribution in [-0.2, 0) is 0 Å². The number of carbonyl (C=O) groups excluding carboxylic acids is 1. The first kappa shape index (κ1) is 13.6. The van der Waals surface area contributed by atoms with E-state index in [2.05, 4.69) is 4.98 Å². The maximum absolute atomic E-state index is 11.9. The summed E-state index contributed by atoms with van der Waals surface area (Å²) in [7, 11) is 0. The van der Waals surface area contributed by atoms with Gasteiger partial charge in [0.2, 0.25) is 0 Å². The summed E-state index contributed by atoms with van der Waals surface area (Å²) in [6, 6.07) is 9.55. The van der Waals surface area contributed by atoms with Crippen molar-refractivity contribution in [2.24, 2.45) is 0 Å². The molecule has 1 aromatic carbocycles. The molecule has 0 aliphatic heterocycles. The first-order valence-electron chi connectivity index (χ1n) is 5.96. The zero-order valence-electron chi connectivity index (χ0n) is 10.8. The van der Waals surface area contributed by atoms with Gasteiger partial charge in [-0.3, -0.25) is 19.9 Å². The number of rotatable bonds is 4. The van der Waals surface area contributed by atoms with E-state index in [1.54, 1.807) is 30.3 Å². The molecule has 2 aromatic rings. The number of aryl methyl sites for hydroxylation is 1. The highest BCUT2D eigenvalue weighted by Crippen LogP contribution is 2.14. The fourth-order valence-corrected chi connectivity index (χ4v) is 1.62. The van der Waals surface area contributed by atoms with Gasteiger partial charge in [0.05, 0.1) is 4.92 Å². The minimum absolute atomic E-state index is 0.00315. The van der Waals surface area contributed by atoms with Gasteiger partial charge in [-0.05, 0) is 30.7 Å². The van der Waals surface area contributed by atoms with Crippen LogP contribution in [0.1, 0.15) is 21.6 Å². The molecule has 0 amide bonds. The van der Waals surface area contributed by atoms with E-state index < -0.39 is 4.92 Å². The van der Waals surface area contributed by atoms with E-state index in [4.69, 9.17) is 0 Å². The quantitative estimate of drug-likeness (QED) is 0.369. The number of hydrogen-bond donors (Lipinski definition) is 0. The summed E-state index contributed by atoms with van der Waals surface area (Å²) in [5.41, 5.74) is 1.92. The molecule has 5 nitrogen and oxygen atoms in total. The van der Waals surface area contributed by atoms with Crippen molar-refractivity contribution in [1.82, 2.24) is 4.98 Å². The third kappa shape index (κ3) is 3.35. The van der Waals surface area contributed by atoms with Crippen molar-refractivity contribution in [3.8, 4) is 0 Å². The Hall–Kier alpha value is -2.82. The predicted octanol–water partition coefficient (Wildman–Crippen LogP) is 3.19. The minimum atomic E-state index is -0.469. The van der Waals surface area contributed by atoms with Crippen LogP contribution in [0.4, 0.5) is 5.69 Å². The second-order valence-electron chi connectivity index (χ2n) is 4.24. The second kappa shape index (κ2) is 5.88. The van der Waals surface area contributed by atoms with Gasteiger partial charge in [-0.15, -0.1) is 0 Å². The Labute approximate surface area is 115 Å². The van der Waals surface area contributed by atoms with Crippen molar-refractivity contribution in [3.63, 3.8) is 0 Å². The van der Waals surface area contributed by atoms with E-state index in [1.807, 2.05) is 6.92 Å². The highest BCUT2D eigenvalue weighted by Gasteiger charge is 2.05. The average Bonchev–Trinajstić information content (AvgIpc) is 2.46. The molecule has 0 aliphatic carbocycles. The van der Waals surface area contributed by atoms with Crippen LogP contribution in [0.2, 0.25) is 0 Å². The van der Waals surface area contributed by atoms with Gasteiger partial charge in [-0.2, -0.15) is 0 Å². The number of ketones is 1. The Morgan fingerprint density at radius 1 is 1.30 bits per heavy atom. The summed E-state index contributed by atoms with van der Waals surface area (Å²) in [5, 5.41) is 10.7. The molecule has 0 N–H and O–H groups in total. The Morgan fingerprint density at radius 2 is 2.10 bits per heavy atom. The van der Waals surface area contributed by atoms with Crippen LogP contribution < -0.4 is 0 Å². The summed E-state index contributed by atoms with van der Waals surface area (Å²) >= 11 is 0. The number of non-ortho nitro benzene ring substituents is 1. The van der Waals surface area contributed by atoms with E-state index in [9.17, 15) is 14.9 Å². The molecular formula is C15H12N2O3. The molecule has 0 unspecified atom stereocenters. The first-order chi connectivity index (χ1) is 9.56. The number of pyridine rings is 1. The highest BCUT2D eigenvalue weighted by atomic mass is 16.6. The third-order valence-corrected chi connectivity index (χ3v) is 2.70. The highest BCUT2D eigenvalue weighted by molar-refractivity contribution is 6.06. The van der Waals surface area contributed by atoms with E-state index >= 15 is 0 Å². The lowest BCUT2D eigenvalue weighted by Crippen LogP contribution is -1.95. The molecule has 1 aromatic heterocycles. The van der Waals surface area contributed by atoms with Gasteiger partial charge in [0, 0.05) is 29.6 Å². The maximum atomic E-state index is 11.9. The van der Waals surface area contributed by atoms with Crippen molar-refractivity contribution in [1.29, 1.82) is 0 Å². The van der Waals surface area contributed by atoms with Gasteiger partial charge in [0.15, 0.2) is 5.78 Å². The SMILES string of the molecule is Cc1ccc(C(=O)/C=C/c2cccc([N+](=O)[O-])c2)cn1. The molecule has 0 radical (unpaired) electrons. The van der Waals surface area contributed by atoms with Crippen LogP contribution in [0, 0.1) is 17.0 Å². The Balaban J connectivity index is 2.16. The van der Waals surface area contributed by atoms with Gasteiger partial charge in [-0.25, -0.2) is 0 Å². The van der Waals surface area contributed by atoms with Crippen molar-refractivity contribution in [2.75, 3.05) is 0 Å². The smallest absolute Gasteiger partial charge is 0.270 e. The topological polar surface area (TPSA) is 73.1 Å². The molecule has 0 spiro atoms.